The van der Waals surface area contributed by atoms with Gasteiger partial charge < -0.3 is 20.5 Å². The van der Waals surface area contributed by atoms with Gasteiger partial charge in [-0.05, 0) is 48.1 Å². The number of nitrogens with one attached hydrogen (secondary N) is 1. The zero-order valence-corrected chi connectivity index (χ0v) is 16.6. The number of carbonyl (C=O) groups is 1. The normalized spacial score (nSPS) is 12.2. The predicted octanol–water partition coefficient (Wildman–Crippen LogP) is 4.30. The van der Waals surface area contributed by atoms with E-state index in [9.17, 15) is 9.18 Å². The van der Waals surface area contributed by atoms with E-state index in [0.717, 1.165) is 16.9 Å². The summed E-state index contributed by atoms with van der Waals surface area (Å²) in [4.78, 5) is 12.9. The quantitative estimate of drug-likeness (QED) is 0.595. The van der Waals surface area contributed by atoms with E-state index in [-0.39, 0.29) is 35.0 Å². The van der Waals surface area contributed by atoms with E-state index in [2.05, 4.69) is 5.32 Å². The maximum absolute atomic E-state index is 13.4. The maximum atomic E-state index is 13.4. The number of nitrogen functional groups attached to an aromatic ring is 1. The molecule has 28 heavy (non-hydrogen) atoms. The van der Waals surface area contributed by atoms with Gasteiger partial charge in [-0.1, -0.05) is 29.0 Å². The highest BCUT2D eigenvalue weighted by atomic mass is 35.5. The zero-order chi connectivity index (χ0) is 19.8. The number of ether oxygens (including phenoxy) is 2. The molecule has 1 aliphatic rings. The van der Waals surface area contributed by atoms with Crippen LogP contribution in [0, 0.1) is 9.77 Å². The van der Waals surface area contributed by atoms with Crippen LogP contribution in [0.5, 0.6) is 11.5 Å². The number of anilines is 1. The van der Waals surface area contributed by atoms with Crippen molar-refractivity contribution in [1.29, 1.82) is 0 Å². The number of nitrogens with two attached hydrogens (primary N) is 1. The third-order valence-electron chi connectivity index (χ3n) is 4.10. The summed E-state index contributed by atoms with van der Waals surface area (Å²) < 4.78 is 25.9. The summed E-state index contributed by atoms with van der Waals surface area (Å²) >= 11 is 12.2. The first-order valence-corrected chi connectivity index (χ1v) is 9.68. The van der Waals surface area contributed by atoms with Crippen LogP contribution in [-0.4, -0.2) is 17.3 Å². The second kappa shape index (κ2) is 7.42. The molecular weight excluding hydrogens is 425 g/mol. The number of halogens is 2. The number of carbonyl (C=O) groups excluding carboxylic acids is 1. The van der Waals surface area contributed by atoms with Crippen molar-refractivity contribution in [3.05, 3.63) is 61.6 Å². The van der Waals surface area contributed by atoms with Crippen LogP contribution in [0.2, 0.25) is 5.02 Å². The van der Waals surface area contributed by atoms with Gasteiger partial charge in [0.25, 0.3) is 5.91 Å². The average molecular weight is 438 g/mol. The van der Waals surface area contributed by atoms with Gasteiger partial charge in [0.15, 0.2) is 15.5 Å². The van der Waals surface area contributed by atoms with Gasteiger partial charge in [-0.3, -0.25) is 9.36 Å². The Bertz CT molecular complexity index is 1150. The molecule has 2 aromatic carbocycles. The van der Waals surface area contributed by atoms with Crippen LogP contribution in [0.25, 0.3) is 5.69 Å². The van der Waals surface area contributed by atoms with Crippen molar-refractivity contribution in [1.82, 2.24) is 9.88 Å². The number of thiazole rings is 1. The first-order chi connectivity index (χ1) is 13.4. The molecule has 6 nitrogen and oxygen atoms in total. The Morgan fingerprint density at radius 3 is 2.86 bits per heavy atom. The number of benzene rings is 2. The number of aromatic nitrogens is 1. The lowest BCUT2D eigenvalue weighted by Crippen LogP contribution is -2.23. The summed E-state index contributed by atoms with van der Waals surface area (Å²) in [5.74, 6) is 0.570. The first-order valence-electron chi connectivity index (χ1n) is 8.07. The molecule has 3 N–H and O–H groups in total. The lowest BCUT2D eigenvalue weighted by atomic mass is 10.2. The second-order valence-electron chi connectivity index (χ2n) is 5.89. The number of nitrogens with zero attached hydrogens (tertiary/aromatic N) is 1. The van der Waals surface area contributed by atoms with Crippen molar-refractivity contribution in [3.63, 3.8) is 0 Å². The molecule has 0 aliphatic carbocycles. The van der Waals surface area contributed by atoms with E-state index in [4.69, 9.17) is 39.0 Å². The zero-order valence-electron chi connectivity index (χ0n) is 14.2. The van der Waals surface area contributed by atoms with Gasteiger partial charge >= 0.3 is 0 Å². The van der Waals surface area contributed by atoms with Crippen molar-refractivity contribution in [2.24, 2.45) is 0 Å². The molecule has 4 rings (SSSR count). The van der Waals surface area contributed by atoms with Gasteiger partial charge in [0.05, 0.1) is 10.7 Å². The van der Waals surface area contributed by atoms with E-state index in [1.165, 1.54) is 22.8 Å². The van der Waals surface area contributed by atoms with Gasteiger partial charge in [0.1, 0.15) is 16.5 Å². The Hall–Kier alpha value is -2.62. The van der Waals surface area contributed by atoms with Gasteiger partial charge in [-0.2, -0.15) is 0 Å². The fourth-order valence-electron chi connectivity index (χ4n) is 2.73. The average Bonchev–Trinajstić information content (AvgIpc) is 3.26. The van der Waals surface area contributed by atoms with E-state index < -0.39 is 5.82 Å². The smallest absolute Gasteiger partial charge is 0.265 e. The van der Waals surface area contributed by atoms with Crippen LogP contribution in [-0.2, 0) is 6.54 Å². The van der Waals surface area contributed by atoms with Crippen LogP contribution in [0.3, 0.4) is 0 Å². The summed E-state index contributed by atoms with van der Waals surface area (Å²) in [6, 6.07) is 9.55. The third-order valence-corrected chi connectivity index (χ3v) is 5.78. The second-order valence-corrected chi connectivity index (χ2v) is 7.94. The molecule has 0 fully saturated rings. The summed E-state index contributed by atoms with van der Waals surface area (Å²) in [7, 11) is 0. The Kier molecular flexibility index (Phi) is 4.96. The molecule has 10 heteroatoms. The molecule has 0 saturated heterocycles. The SMILES string of the molecule is Nc1c(C(=O)NCc2ccc3c(c2)OCO3)sc(=S)n1-c1ccc(F)c(Cl)c1. The Balaban J connectivity index is 1.55. The maximum Gasteiger partial charge on any atom is 0.265 e. The van der Waals surface area contributed by atoms with Crippen LogP contribution in [0.15, 0.2) is 36.4 Å². The standard InChI is InChI=1S/C18H13ClFN3O3S2/c19-11-6-10(2-3-12(11)20)23-16(21)15(28-18(23)27)17(24)22-7-9-1-4-13-14(5-9)26-8-25-13/h1-6H,7-8,21H2,(H,22,24). The molecule has 1 aromatic heterocycles. The van der Waals surface area contributed by atoms with E-state index in [1.54, 1.807) is 12.1 Å². The molecular formula is C18H13ClFN3O3S2. The summed E-state index contributed by atoms with van der Waals surface area (Å²) in [5, 5.41) is 2.75. The van der Waals surface area contributed by atoms with Crippen LogP contribution < -0.4 is 20.5 Å². The van der Waals surface area contributed by atoms with Gasteiger partial charge in [0, 0.05) is 6.54 Å². The highest BCUT2D eigenvalue weighted by Crippen LogP contribution is 2.32. The van der Waals surface area contributed by atoms with Crippen molar-refractivity contribution < 1.29 is 18.7 Å². The van der Waals surface area contributed by atoms with Crippen molar-refractivity contribution in [3.8, 4) is 17.2 Å². The monoisotopic (exact) mass is 437 g/mol. The molecule has 1 amide bonds. The van der Waals surface area contributed by atoms with Crippen molar-refractivity contribution in [2.45, 2.75) is 6.54 Å². The number of fused-ring (bicyclic) bond motifs is 1. The number of hydrogen-bond donors (Lipinski definition) is 2. The van der Waals surface area contributed by atoms with Crippen molar-refractivity contribution in [2.75, 3.05) is 12.5 Å². The Labute approximate surface area is 173 Å². The van der Waals surface area contributed by atoms with E-state index in [1.807, 2.05) is 6.07 Å². The minimum Gasteiger partial charge on any atom is -0.454 e. The largest absolute Gasteiger partial charge is 0.454 e. The molecule has 0 atom stereocenters. The number of hydrogen-bond acceptors (Lipinski definition) is 6. The molecule has 2 heterocycles. The van der Waals surface area contributed by atoms with Crippen LogP contribution in [0.1, 0.15) is 15.2 Å². The predicted molar refractivity (Wildman–Crippen MR) is 108 cm³/mol. The van der Waals surface area contributed by atoms with Crippen LogP contribution >= 0.6 is 35.2 Å². The summed E-state index contributed by atoms with van der Waals surface area (Å²) in [6.45, 7) is 0.466. The summed E-state index contributed by atoms with van der Waals surface area (Å²) in [6.07, 6.45) is 0. The first kappa shape index (κ1) is 18.7. The molecule has 0 bridgehead atoms. The number of amides is 1. The Morgan fingerprint density at radius 2 is 2.07 bits per heavy atom. The molecule has 1 aliphatic heterocycles. The molecule has 3 aromatic rings. The molecule has 0 radical (unpaired) electrons. The molecule has 0 saturated carbocycles. The van der Waals surface area contributed by atoms with Gasteiger partial charge in [-0.15, -0.1) is 0 Å². The topological polar surface area (TPSA) is 78.5 Å². The highest BCUT2D eigenvalue weighted by Gasteiger charge is 2.19. The lowest BCUT2D eigenvalue weighted by molar-refractivity contribution is 0.0955. The van der Waals surface area contributed by atoms with Crippen molar-refractivity contribution >= 4 is 46.9 Å². The van der Waals surface area contributed by atoms with E-state index >= 15 is 0 Å². The molecule has 0 unspecified atom stereocenters. The third kappa shape index (κ3) is 3.44. The van der Waals surface area contributed by atoms with Gasteiger partial charge in [0.2, 0.25) is 6.79 Å². The fraction of sp³-hybridized carbons (Fsp3) is 0.111. The van der Waals surface area contributed by atoms with Crippen LogP contribution in [0.4, 0.5) is 10.2 Å². The highest BCUT2D eigenvalue weighted by molar-refractivity contribution is 7.73. The number of rotatable bonds is 4. The minimum atomic E-state index is -0.549. The Morgan fingerprint density at radius 1 is 1.29 bits per heavy atom. The fourth-order valence-corrected chi connectivity index (χ4v) is 4.19. The molecule has 0 spiro atoms. The summed E-state index contributed by atoms with van der Waals surface area (Å²) in [5.41, 5.74) is 7.48. The van der Waals surface area contributed by atoms with E-state index in [0.29, 0.717) is 21.1 Å². The lowest BCUT2D eigenvalue weighted by Gasteiger charge is -2.08. The molecule has 144 valence electrons. The minimum absolute atomic E-state index is 0.0567. The van der Waals surface area contributed by atoms with Gasteiger partial charge in [-0.25, -0.2) is 4.39 Å².